The summed E-state index contributed by atoms with van der Waals surface area (Å²) in [6.45, 7) is 4.68. The lowest BCUT2D eigenvalue weighted by molar-refractivity contribution is 0.0355. The summed E-state index contributed by atoms with van der Waals surface area (Å²) in [4.78, 5) is 16.8. The second kappa shape index (κ2) is 9.58. The summed E-state index contributed by atoms with van der Waals surface area (Å²) in [5.74, 6) is -1.09. The minimum atomic E-state index is -0.458. The molecule has 0 aromatic heterocycles. The maximum Gasteiger partial charge on any atom is 0.254 e. The van der Waals surface area contributed by atoms with Crippen LogP contribution in [0, 0.1) is 11.6 Å². The largest absolute Gasteiger partial charge is 0.379 e. The molecule has 0 saturated carbocycles. The molecule has 1 saturated heterocycles. The Morgan fingerprint density at radius 1 is 1.07 bits per heavy atom. The molecule has 144 valence electrons. The highest BCUT2D eigenvalue weighted by Crippen LogP contribution is 2.15. The number of rotatable bonds is 7. The molecule has 1 heterocycles. The van der Waals surface area contributed by atoms with Crippen molar-refractivity contribution in [3.8, 4) is 0 Å². The summed E-state index contributed by atoms with van der Waals surface area (Å²) in [5, 5.41) is 0. The predicted molar refractivity (Wildman–Crippen MR) is 99.4 cm³/mol. The molecule has 0 N–H and O–H groups in total. The molecule has 0 radical (unpaired) electrons. The van der Waals surface area contributed by atoms with Gasteiger partial charge in [-0.15, -0.1) is 0 Å². The second-order valence-corrected chi connectivity index (χ2v) is 6.64. The first-order valence-corrected chi connectivity index (χ1v) is 9.22. The number of benzene rings is 2. The average molecular weight is 374 g/mol. The van der Waals surface area contributed by atoms with Crippen molar-refractivity contribution in [3.63, 3.8) is 0 Å². The van der Waals surface area contributed by atoms with Crippen LogP contribution in [0.3, 0.4) is 0 Å². The molecule has 1 amide bonds. The fourth-order valence-electron chi connectivity index (χ4n) is 3.20. The van der Waals surface area contributed by atoms with Crippen LogP contribution in [0.15, 0.2) is 48.5 Å². The maximum absolute atomic E-state index is 14.1. The van der Waals surface area contributed by atoms with Gasteiger partial charge in [0.05, 0.1) is 13.2 Å². The number of carbonyl (C=O) groups is 1. The Balaban J connectivity index is 1.69. The molecule has 27 heavy (non-hydrogen) atoms. The Hall–Kier alpha value is -2.31. The number of amides is 1. The number of hydrogen-bond donors (Lipinski definition) is 0. The van der Waals surface area contributed by atoms with E-state index in [0.717, 1.165) is 39.3 Å². The summed E-state index contributed by atoms with van der Waals surface area (Å²) < 4.78 is 32.9. The van der Waals surface area contributed by atoms with E-state index >= 15 is 0 Å². The van der Waals surface area contributed by atoms with Gasteiger partial charge in [0.1, 0.15) is 11.6 Å². The molecule has 1 fully saturated rings. The molecule has 6 heteroatoms. The summed E-state index contributed by atoms with van der Waals surface area (Å²) in [6.07, 6.45) is 0.759. The summed E-state index contributed by atoms with van der Waals surface area (Å²) >= 11 is 0. The zero-order chi connectivity index (χ0) is 19.1. The molecule has 0 unspecified atom stereocenters. The van der Waals surface area contributed by atoms with Crippen molar-refractivity contribution in [1.29, 1.82) is 0 Å². The molecule has 1 aliphatic heterocycles. The van der Waals surface area contributed by atoms with Gasteiger partial charge in [0, 0.05) is 43.9 Å². The van der Waals surface area contributed by atoms with Gasteiger partial charge < -0.3 is 9.64 Å². The predicted octanol–water partition coefficient (Wildman–Crippen LogP) is 3.33. The topological polar surface area (TPSA) is 32.8 Å². The second-order valence-electron chi connectivity index (χ2n) is 6.64. The van der Waals surface area contributed by atoms with Crippen LogP contribution in [0.1, 0.15) is 22.3 Å². The maximum atomic E-state index is 14.1. The third-order valence-electron chi connectivity index (χ3n) is 4.68. The van der Waals surface area contributed by atoms with Crippen LogP contribution >= 0.6 is 0 Å². The normalized spacial score (nSPS) is 14.9. The highest BCUT2D eigenvalue weighted by atomic mass is 19.1. The van der Waals surface area contributed by atoms with Gasteiger partial charge in [-0.1, -0.05) is 24.3 Å². The third-order valence-corrected chi connectivity index (χ3v) is 4.68. The van der Waals surface area contributed by atoms with Crippen LogP contribution in [0.4, 0.5) is 8.78 Å². The van der Waals surface area contributed by atoms with Gasteiger partial charge >= 0.3 is 0 Å². The molecule has 4 nitrogen and oxygen atoms in total. The van der Waals surface area contributed by atoms with Crippen molar-refractivity contribution in [2.24, 2.45) is 0 Å². The van der Waals surface area contributed by atoms with Crippen molar-refractivity contribution in [1.82, 2.24) is 9.80 Å². The molecule has 0 bridgehead atoms. The SMILES string of the molecule is O=C(c1cccc(F)c1)N(CCCN1CCOCC1)Cc1ccccc1F. The fourth-order valence-corrected chi connectivity index (χ4v) is 3.20. The van der Waals surface area contributed by atoms with Crippen molar-refractivity contribution in [3.05, 3.63) is 71.3 Å². The van der Waals surface area contributed by atoms with Gasteiger partial charge in [0.2, 0.25) is 0 Å². The monoisotopic (exact) mass is 374 g/mol. The first-order chi connectivity index (χ1) is 13.1. The number of carbonyl (C=O) groups excluding carboxylic acids is 1. The van der Waals surface area contributed by atoms with Crippen LogP contribution in [0.25, 0.3) is 0 Å². The first kappa shape index (κ1) is 19.5. The standard InChI is InChI=1S/C21H24F2N2O2/c22-19-7-3-6-17(15-19)21(26)25(16-18-5-1-2-8-20(18)23)10-4-9-24-11-13-27-14-12-24/h1-3,5-8,15H,4,9-14,16H2. The lowest BCUT2D eigenvalue weighted by Gasteiger charge is -2.28. The fraction of sp³-hybridized carbons (Fsp3) is 0.381. The zero-order valence-electron chi connectivity index (χ0n) is 15.2. The van der Waals surface area contributed by atoms with E-state index in [1.54, 1.807) is 29.2 Å². The Labute approximate surface area is 158 Å². The minimum Gasteiger partial charge on any atom is -0.379 e. The summed E-state index contributed by atoms with van der Waals surface area (Å²) in [7, 11) is 0. The quantitative estimate of drug-likeness (QED) is 0.745. The van der Waals surface area contributed by atoms with Crippen molar-refractivity contribution in [2.75, 3.05) is 39.4 Å². The first-order valence-electron chi connectivity index (χ1n) is 9.22. The molecule has 0 atom stereocenters. The van der Waals surface area contributed by atoms with Crippen LogP contribution in [0.2, 0.25) is 0 Å². The van der Waals surface area contributed by atoms with Gasteiger partial charge in [-0.3, -0.25) is 9.69 Å². The molecular weight excluding hydrogens is 350 g/mol. The van der Waals surface area contributed by atoms with E-state index in [4.69, 9.17) is 4.74 Å². The molecular formula is C21H24F2N2O2. The van der Waals surface area contributed by atoms with Crippen LogP contribution < -0.4 is 0 Å². The van der Waals surface area contributed by atoms with Crippen molar-refractivity contribution < 1.29 is 18.3 Å². The number of nitrogens with zero attached hydrogens (tertiary/aromatic N) is 2. The van der Waals surface area contributed by atoms with Crippen LogP contribution in [-0.4, -0.2) is 55.1 Å². The van der Waals surface area contributed by atoms with Gasteiger partial charge in [0.25, 0.3) is 5.91 Å². The van der Waals surface area contributed by atoms with Gasteiger partial charge in [0.15, 0.2) is 0 Å². The number of halogens is 2. The van der Waals surface area contributed by atoms with Gasteiger partial charge in [-0.05, 0) is 30.7 Å². The average Bonchev–Trinajstić information content (AvgIpc) is 2.69. The van der Waals surface area contributed by atoms with Gasteiger partial charge in [-0.2, -0.15) is 0 Å². The molecule has 0 aliphatic carbocycles. The van der Waals surface area contributed by atoms with E-state index in [1.165, 1.54) is 24.3 Å². The smallest absolute Gasteiger partial charge is 0.254 e. The van der Waals surface area contributed by atoms with E-state index in [9.17, 15) is 13.6 Å². The molecule has 2 aromatic rings. The Morgan fingerprint density at radius 3 is 2.59 bits per heavy atom. The van der Waals surface area contributed by atoms with Crippen molar-refractivity contribution >= 4 is 5.91 Å². The number of ether oxygens (including phenoxy) is 1. The molecule has 0 spiro atoms. The highest BCUT2D eigenvalue weighted by Gasteiger charge is 2.19. The summed E-state index contributed by atoms with van der Waals surface area (Å²) in [5.41, 5.74) is 0.728. The van der Waals surface area contributed by atoms with E-state index in [-0.39, 0.29) is 23.8 Å². The van der Waals surface area contributed by atoms with E-state index in [1.807, 2.05) is 0 Å². The molecule has 2 aromatic carbocycles. The number of morpholine rings is 1. The van der Waals surface area contributed by atoms with Crippen molar-refractivity contribution in [2.45, 2.75) is 13.0 Å². The molecule has 1 aliphatic rings. The molecule has 3 rings (SSSR count). The minimum absolute atomic E-state index is 0.158. The van der Waals surface area contributed by atoms with Gasteiger partial charge in [-0.25, -0.2) is 8.78 Å². The highest BCUT2D eigenvalue weighted by molar-refractivity contribution is 5.94. The lowest BCUT2D eigenvalue weighted by atomic mass is 10.1. The number of hydrogen-bond acceptors (Lipinski definition) is 3. The van der Waals surface area contributed by atoms with E-state index in [2.05, 4.69) is 4.90 Å². The lowest BCUT2D eigenvalue weighted by Crippen LogP contribution is -2.39. The van der Waals surface area contributed by atoms with E-state index in [0.29, 0.717) is 12.1 Å². The van der Waals surface area contributed by atoms with E-state index < -0.39 is 5.82 Å². The van der Waals surface area contributed by atoms with Crippen LogP contribution in [-0.2, 0) is 11.3 Å². The Bertz CT molecular complexity index is 763. The summed E-state index contributed by atoms with van der Waals surface area (Å²) in [6, 6.07) is 12.0. The third kappa shape index (κ3) is 5.58. The Morgan fingerprint density at radius 2 is 1.85 bits per heavy atom. The Kier molecular flexibility index (Phi) is 6.90. The van der Waals surface area contributed by atoms with Crippen LogP contribution in [0.5, 0.6) is 0 Å². The zero-order valence-corrected chi connectivity index (χ0v) is 15.2.